The highest BCUT2D eigenvalue weighted by molar-refractivity contribution is 5.93. The molecule has 1 amide bonds. The second-order valence-electron chi connectivity index (χ2n) is 7.76. The summed E-state index contributed by atoms with van der Waals surface area (Å²) >= 11 is 0. The summed E-state index contributed by atoms with van der Waals surface area (Å²) in [5.41, 5.74) is 5.16. The Morgan fingerprint density at radius 1 is 1.07 bits per heavy atom. The van der Waals surface area contributed by atoms with Crippen LogP contribution in [0.2, 0.25) is 0 Å². The zero-order valence-electron chi connectivity index (χ0n) is 16.3. The largest absolute Gasteiger partial charge is 0.339 e. The van der Waals surface area contributed by atoms with Crippen LogP contribution in [0.1, 0.15) is 23.8 Å². The first-order chi connectivity index (χ1) is 14.2. The van der Waals surface area contributed by atoms with Gasteiger partial charge in [-0.1, -0.05) is 43.3 Å². The van der Waals surface area contributed by atoms with E-state index in [1.54, 1.807) is 6.07 Å². The number of nitrogens with one attached hydrogen (secondary N) is 1. The Morgan fingerprint density at radius 2 is 1.93 bits per heavy atom. The minimum atomic E-state index is 0.0123. The lowest BCUT2D eigenvalue weighted by Gasteiger charge is -2.15. The third-order valence-electron chi connectivity index (χ3n) is 5.53. The van der Waals surface area contributed by atoms with E-state index in [0.29, 0.717) is 11.6 Å². The van der Waals surface area contributed by atoms with Gasteiger partial charge in [0.1, 0.15) is 11.3 Å². The fourth-order valence-corrected chi connectivity index (χ4v) is 3.92. The van der Waals surface area contributed by atoms with E-state index in [0.717, 1.165) is 53.1 Å². The summed E-state index contributed by atoms with van der Waals surface area (Å²) in [4.78, 5) is 27.3. The number of pyridine rings is 2. The number of nitrogens with zero attached hydrogens (tertiary/aromatic N) is 3. The first-order valence-electron chi connectivity index (χ1n) is 9.98. The van der Waals surface area contributed by atoms with E-state index in [-0.39, 0.29) is 5.91 Å². The maximum Gasteiger partial charge on any atom is 0.272 e. The summed E-state index contributed by atoms with van der Waals surface area (Å²) in [5, 5.41) is 1.02. The Bertz CT molecular complexity index is 1180. The number of likely N-dealkylation sites (tertiary alicyclic amines) is 1. The standard InChI is InChI=1S/C24H22N4O/c1-16-10-11-28(15-16)24(29)21-9-5-8-20(26-21)19-12-18-13-22(27-23(18)25-14-19)17-6-3-2-4-7-17/h2-9,12-14,16H,10-11,15H2,1H3,(H,25,27)/t16-/m1/s1. The first-order valence-corrected chi connectivity index (χ1v) is 9.98. The van der Waals surface area contributed by atoms with Gasteiger partial charge in [-0.2, -0.15) is 0 Å². The van der Waals surface area contributed by atoms with Crippen LogP contribution in [-0.2, 0) is 0 Å². The molecular formula is C24H22N4O. The maximum absolute atomic E-state index is 12.8. The van der Waals surface area contributed by atoms with Crippen molar-refractivity contribution in [1.29, 1.82) is 0 Å². The minimum absolute atomic E-state index is 0.0123. The normalized spacial score (nSPS) is 16.4. The lowest BCUT2D eigenvalue weighted by molar-refractivity contribution is 0.0782. The number of hydrogen-bond donors (Lipinski definition) is 1. The molecule has 1 atom stereocenters. The van der Waals surface area contributed by atoms with Crippen molar-refractivity contribution in [2.45, 2.75) is 13.3 Å². The number of carbonyl (C=O) groups excluding carboxylic acids is 1. The fourth-order valence-electron chi connectivity index (χ4n) is 3.92. The number of fused-ring (bicyclic) bond motifs is 1. The van der Waals surface area contributed by atoms with Crippen molar-refractivity contribution in [1.82, 2.24) is 19.9 Å². The molecule has 0 aliphatic carbocycles. The van der Waals surface area contributed by atoms with Gasteiger partial charge in [0, 0.05) is 35.9 Å². The van der Waals surface area contributed by atoms with Crippen LogP contribution in [-0.4, -0.2) is 38.8 Å². The van der Waals surface area contributed by atoms with Gasteiger partial charge < -0.3 is 9.88 Å². The van der Waals surface area contributed by atoms with E-state index < -0.39 is 0 Å². The number of aromatic amines is 1. The number of H-pyrrole nitrogens is 1. The zero-order valence-corrected chi connectivity index (χ0v) is 16.3. The van der Waals surface area contributed by atoms with E-state index in [2.05, 4.69) is 46.1 Å². The Hall–Kier alpha value is -3.47. The second-order valence-corrected chi connectivity index (χ2v) is 7.76. The fraction of sp³-hybridized carbons (Fsp3) is 0.208. The molecule has 5 rings (SSSR count). The van der Waals surface area contributed by atoms with Gasteiger partial charge >= 0.3 is 0 Å². The molecule has 0 bridgehead atoms. The monoisotopic (exact) mass is 382 g/mol. The number of carbonyl (C=O) groups is 1. The summed E-state index contributed by atoms with van der Waals surface area (Å²) in [5.74, 6) is 0.569. The lowest BCUT2D eigenvalue weighted by Crippen LogP contribution is -2.29. The van der Waals surface area contributed by atoms with Crippen molar-refractivity contribution >= 4 is 16.9 Å². The topological polar surface area (TPSA) is 61.9 Å². The van der Waals surface area contributed by atoms with Gasteiger partial charge in [-0.05, 0) is 42.2 Å². The lowest BCUT2D eigenvalue weighted by atomic mass is 10.1. The molecule has 1 aliphatic heterocycles. The Balaban J connectivity index is 1.47. The van der Waals surface area contributed by atoms with Crippen molar-refractivity contribution in [3.05, 3.63) is 72.6 Å². The maximum atomic E-state index is 12.8. The highest BCUT2D eigenvalue weighted by atomic mass is 16.2. The molecule has 3 aromatic heterocycles. The Labute approximate surface area is 169 Å². The van der Waals surface area contributed by atoms with Crippen molar-refractivity contribution in [3.63, 3.8) is 0 Å². The molecule has 0 radical (unpaired) electrons. The van der Waals surface area contributed by atoms with E-state index in [4.69, 9.17) is 0 Å². The molecule has 5 heteroatoms. The minimum Gasteiger partial charge on any atom is -0.339 e. The molecule has 1 fully saturated rings. The highest BCUT2D eigenvalue weighted by Crippen LogP contribution is 2.27. The molecule has 4 aromatic rings. The average molecular weight is 382 g/mol. The number of benzene rings is 1. The number of aromatic nitrogens is 3. The van der Waals surface area contributed by atoms with Crippen molar-refractivity contribution in [2.24, 2.45) is 5.92 Å². The third-order valence-corrected chi connectivity index (χ3v) is 5.53. The summed E-state index contributed by atoms with van der Waals surface area (Å²) in [6.07, 6.45) is 2.87. The van der Waals surface area contributed by atoms with Crippen LogP contribution in [0.5, 0.6) is 0 Å². The number of hydrogen-bond acceptors (Lipinski definition) is 3. The zero-order chi connectivity index (χ0) is 19.8. The van der Waals surface area contributed by atoms with Crippen LogP contribution in [0.4, 0.5) is 0 Å². The molecule has 1 aliphatic rings. The van der Waals surface area contributed by atoms with Gasteiger partial charge in [0.15, 0.2) is 0 Å². The van der Waals surface area contributed by atoms with E-state index in [1.165, 1.54) is 0 Å². The molecule has 1 saturated heterocycles. The van der Waals surface area contributed by atoms with Crippen LogP contribution in [0.25, 0.3) is 33.5 Å². The molecule has 1 aromatic carbocycles. The van der Waals surface area contributed by atoms with Gasteiger partial charge in [-0.15, -0.1) is 0 Å². The first kappa shape index (κ1) is 17.6. The van der Waals surface area contributed by atoms with Gasteiger partial charge in [0.25, 0.3) is 5.91 Å². The van der Waals surface area contributed by atoms with E-state index >= 15 is 0 Å². The van der Waals surface area contributed by atoms with Crippen LogP contribution < -0.4 is 0 Å². The van der Waals surface area contributed by atoms with Gasteiger partial charge in [0.05, 0.1) is 5.69 Å². The quantitative estimate of drug-likeness (QED) is 0.555. The summed E-state index contributed by atoms with van der Waals surface area (Å²) < 4.78 is 0. The van der Waals surface area contributed by atoms with E-state index in [9.17, 15) is 4.79 Å². The summed E-state index contributed by atoms with van der Waals surface area (Å²) in [6, 6.07) is 20.0. The predicted octanol–water partition coefficient (Wildman–Crippen LogP) is 4.77. The number of rotatable bonds is 3. The third kappa shape index (κ3) is 3.40. The van der Waals surface area contributed by atoms with Crippen molar-refractivity contribution in [3.8, 4) is 22.5 Å². The average Bonchev–Trinajstić information content (AvgIpc) is 3.39. The Morgan fingerprint density at radius 3 is 2.72 bits per heavy atom. The molecule has 0 saturated carbocycles. The van der Waals surface area contributed by atoms with E-state index in [1.807, 2.05) is 41.4 Å². The molecule has 144 valence electrons. The molecule has 0 spiro atoms. The van der Waals surface area contributed by atoms with Crippen LogP contribution >= 0.6 is 0 Å². The van der Waals surface area contributed by atoms with Crippen molar-refractivity contribution < 1.29 is 4.79 Å². The smallest absolute Gasteiger partial charge is 0.272 e. The molecule has 0 unspecified atom stereocenters. The molecule has 1 N–H and O–H groups in total. The number of amides is 1. The SMILES string of the molecule is C[C@@H]1CCN(C(=O)c2cccc(-c3cnc4[nH]c(-c5ccccc5)cc4c3)n2)C1. The summed E-state index contributed by atoms with van der Waals surface area (Å²) in [7, 11) is 0. The van der Waals surface area contributed by atoms with Gasteiger partial charge in [0.2, 0.25) is 0 Å². The van der Waals surface area contributed by atoms with Crippen molar-refractivity contribution in [2.75, 3.05) is 13.1 Å². The molecule has 29 heavy (non-hydrogen) atoms. The second kappa shape index (κ2) is 7.17. The van der Waals surface area contributed by atoms with Gasteiger partial charge in [-0.3, -0.25) is 4.79 Å². The molecule has 5 nitrogen and oxygen atoms in total. The molecular weight excluding hydrogens is 360 g/mol. The van der Waals surface area contributed by atoms with Crippen LogP contribution in [0, 0.1) is 5.92 Å². The molecule has 4 heterocycles. The predicted molar refractivity (Wildman–Crippen MR) is 114 cm³/mol. The van der Waals surface area contributed by atoms with Crippen LogP contribution in [0.3, 0.4) is 0 Å². The Kier molecular flexibility index (Phi) is 4.35. The van der Waals surface area contributed by atoms with Gasteiger partial charge in [-0.25, -0.2) is 9.97 Å². The highest BCUT2D eigenvalue weighted by Gasteiger charge is 2.25. The van der Waals surface area contributed by atoms with Crippen LogP contribution in [0.15, 0.2) is 66.9 Å². The summed E-state index contributed by atoms with van der Waals surface area (Å²) in [6.45, 7) is 3.80.